The van der Waals surface area contributed by atoms with E-state index in [2.05, 4.69) is 47.1 Å². The molecule has 0 amide bonds. The Morgan fingerprint density at radius 1 is 1.24 bits per heavy atom. The maximum Gasteiger partial charge on any atom is 0.0705 e. The van der Waals surface area contributed by atoms with Gasteiger partial charge in [-0.15, -0.1) is 0 Å². The van der Waals surface area contributed by atoms with E-state index in [0.29, 0.717) is 18.6 Å². The third kappa shape index (κ3) is 3.25. The third-order valence-electron chi connectivity index (χ3n) is 4.65. The van der Waals surface area contributed by atoms with Crippen LogP contribution in [0, 0.1) is 12.8 Å². The number of aliphatic hydroxyl groups is 1. The summed E-state index contributed by atoms with van der Waals surface area (Å²) >= 11 is 0. The number of piperidine rings is 1. The van der Waals surface area contributed by atoms with E-state index in [0.717, 1.165) is 30.7 Å². The van der Waals surface area contributed by atoms with Crippen molar-refractivity contribution in [3.8, 4) is 0 Å². The van der Waals surface area contributed by atoms with E-state index in [1.54, 1.807) is 0 Å². The first kappa shape index (κ1) is 14.5. The molecular weight excluding hydrogens is 260 g/mol. The minimum atomic E-state index is 0.310. The number of fused-ring (bicyclic) bond motifs is 1. The SMILES string of the molecule is Cc1ccc2cc(CN3CC(CO)CCC3C)ccc2n1. The highest BCUT2D eigenvalue weighted by Crippen LogP contribution is 2.24. The number of rotatable bonds is 3. The third-order valence-corrected chi connectivity index (χ3v) is 4.65. The molecule has 3 heteroatoms. The Balaban J connectivity index is 1.79. The van der Waals surface area contributed by atoms with Gasteiger partial charge in [-0.2, -0.15) is 0 Å². The van der Waals surface area contributed by atoms with Gasteiger partial charge in [-0.05, 0) is 56.4 Å². The number of nitrogens with zero attached hydrogens (tertiary/aromatic N) is 2. The topological polar surface area (TPSA) is 36.4 Å². The summed E-state index contributed by atoms with van der Waals surface area (Å²) < 4.78 is 0. The molecule has 112 valence electrons. The minimum absolute atomic E-state index is 0.310. The normalized spacial score (nSPS) is 23.6. The molecule has 3 nitrogen and oxygen atoms in total. The Morgan fingerprint density at radius 3 is 2.90 bits per heavy atom. The second-order valence-electron chi connectivity index (χ2n) is 6.38. The zero-order valence-electron chi connectivity index (χ0n) is 12.9. The monoisotopic (exact) mass is 284 g/mol. The van der Waals surface area contributed by atoms with Crippen molar-refractivity contribution < 1.29 is 5.11 Å². The van der Waals surface area contributed by atoms with Gasteiger partial charge in [0, 0.05) is 36.8 Å². The molecule has 1 N–H and O–H groups in total. The first-order chi connectivity index (χ1) is 10.2. The van der Waals surface area contributed by atoms with Crippen molar-refractivity contribution >= 4 is 10.9 Å². The van der Waals surface area contributed by atoms with Gasteiger partial charge < -0.3 is 5.11 Å². The van der Waals surface area contributed by atoms with E-state index < -0.39 is 0 Å². The maximum absolute atomic E-state index is 9.39. The first-order valence-corrected chi connectivity index (χ1v) is 7.87. The molecule has 1 fully saturated rings. The van der Waals surface area contributed by atoms with Crippen LogP contribution in [-0.2, 0) is 6.54 Å². The van der Waals surface area contributed by atoms with Gasteiger partial charge >= 0.3 is 0 Å². The minimum Gasteiger partial charge on any atom is -0.396 e. The van der Waals surface area contributed by atoms with Crippen LogP contribution in [0.25, 0.3) is 10.9 Å². The highest BCUT2D eigenvalue weighted by atomic mass is 16.3. The average molecular weight is 284 g/mol. The Kier molecular flexibility index (Phi) is 4.22. The summed E-state index contributed by atoms with van der Waals surface area (Å²) in [7, 11) is 0. The molecular formula is C18H24N2O. The van der Waals surface area contributed by atoms with E-state index in [1.807, 2.05) is 6.92 Å². The summed E-state index contributed by atoms with van der Waals surface area (Å²) in [6.07, 6.45) is 2.33. The number of hydrogen-bond acceptors (Lipinski definition) is 3. The van der Waals surface area contributed by atoms with Gasteiger partial charge in [-0.3, -0.25) is 9.88 Å². The Labute approximate surface area is 126 Å². The summed E-state index contributed by atoms with van der Waals surface area (Å²) in [5.74, 6) is 0.436. The Bertz CT molecular complexity index is 626. The van der Waals surface area contributed by atoms with Crippen LogP contribution in [0.1, 0.15) is 31.0 Å². The van der Waals surface area contributed by atoms with Gasteiger partial charge in [0.2, 0.25) is 0 Å². The molecule has 1 aromatic heterocycles. The predicted octanol–water partition coefficient (Wildman–Crippen LogP) is 3.14. The summed E-state index contributed by atoms with van der Waals surface area (Å²) in [5, 5.41) is 10.6. The number of aromatic nitrogens is 1. The molecule has 0 saturated carbocycles. The van der Waals surface area contributed by atoms with Gasteiger partial charge in [0.15, 0.2) is 0 Å². The molecule has 0 spiro atoms. The highest BCUT2D eigenvalue weighted by molar-refractivity contribution is 5.79. The average Bonchev–Trinajstić information content (AvgIpc) is 2.49. The summed E-state index contributed by atoms with van der Waals surface area (Å²) in [5.41, 5.74) is 3.46. The Morgan fingerprint density at radius 2 is 2.10 bits per heavy atom. The summed E-state index contributed by atoms with van der Waals surface area (Å²) in [6, 6.07) is 11.4. The van der Waals surface area contributed by atoms with Gasteiger partial charge in [0.25, 0.3) is 0 Å². The lowest BCUT2D eigenvalue weighted by Gasteiger charge is -2.37. The fourth-order valence-corrected chi connectivity index (χ4v) is 3.24. The number of hydrogen-bond donors (Lipinski definition) is 1. The van der Waals surface area contributed by atoms with Crippen molar-refractivity contribution in [1.82, 2.24) is 9.88 Å². The molecule has 0 bridgehead atoms. The fraction of sp³-hybridized carbons (Fsp3) is 0.500. The molecule has 1 aliphatic heterocycles. The number of aryl methyl sites for hydroxylation is 1. The second-order valence-corrected chi connectivity index (χ2v) is 6.38. The van der Waals surface area contributed by atoms with E-state index in [4.69, 9.17) is 0 Å². The Hall–Kier alpha value is -1.45. The molecule has 3 rings (SSSR count). The zero-order chi connectivity index (χ0) is 14.8. The first-order valence-electron chi connectivity index (χ1n) is 7.87. The lowest BCUT2D eigenvalue weighted by molar-refractivity contribution is 0.0772. The maximum atomic E-state index is 9.39. The lowest BCUT2D eigenvalue weighted by atomic mass is 9.93. The van der Waals surface area contributed by atoms with Crippen LogP contribution < -0.4 is 0 Å². The van der Waals surface area contributed by atoms with E-state index in [-0.39, 0.29) is 0 Å². The summed E-state index contributed by atoms with van der Waals surface area (Å²) in [6.45, 7) is 6.59. The number of pyridine rings is 1. The smallest absolute Gasteiger partial charge is 0.0705 e. The largest absolute Gasteiger partial charge is 0.396 e. The van der Waals surface area contributed by atoms with Crippen molar-refractivity contribution in [1.29, 1.82) is 0 Å². The van der Waals surface area contributed by atoms with Crippen LogP contribution in [-0.4, -0.2) is 34.2 Å². The molecule has 2 atom stereocenters. The standard InChI is InChI=1S/C18H24N2O/c1-13-3-7-17-9-15(6-8-18(17)19-13)10-20-11-16(12-21)5-4-14(20)2/h3,6-9,14,16,21H,4-5,10-12H2,1-2H3. The quantitative estimate of drug-likeness (QED) is 0.940. The van der Waals surface area contributed by atoms with Crippen LogP contribution in [0.2, 0.25) is 0 Å². The lowest BCUT2D eigenvalue weighted by Crippen LogP contribution is -2.42. The van der Waals surface area contributed by atoms with Gasteiger partial charge in [0.1, 0.15) is 0 Å². The van der Waals surface area contributed by atoms with Gasteiger partial charge in [0.05, 0.1) is 5.52 Å². The number of likely N-dealkylation sites (tertiary alicyclic amines) is 1. The molecule has 1 aliphatic rings. The molecule has 0 radical (unpaired) electrons. The van der Waals surface area contributed by atoms with Crippen molar-refractivity contribution in [3.05, 3.63) is 41.6 Å². The van der Waals surface area contributed by atoms with Gasteiger partial charge in [-0.25, -0.2) is 0 Å². The highest BCUT2D eigenvalue weighted by Gasteiger charge is 2.24. The van der Waals surface area contributed by atoms with Crippen LogP contribution in [0.4, 0.5) is 0 Å². The van der Waals surface area contributed by atoms with Crippen molar-refractivity contribution in [2.45, 2.75) is 39.3 Å². The molecule has 21 heavy (non-hydrogen) atoms. The second kappa shape index (κ2) is 6.12. The molecule has 0 aliphatic carbocycles. The summed E-state index contributed by atoms with van der Waals surface area (Å²) in [4.78, 5) is 7.05. The molecule has 2 heterocycles. The van der Waals surface area contributed by atoms with Crippen LogP contribution in [0.5, 0.6) is 0 Å². The van der Waals surface area contributed by atoms with Crippen LogP contribution in [0.3, 0.4) is 0 Å². The fourth-order valence-electron chi connectivity index (χ4n) is 3.24. The van der Waals surface area contributed by atoms with Gasteiger partial charge in [-0.1, -0.05) is 12.1 Å². The molecule has 1 saturated heterocycles. The van der Waals surface area contributed by atoms with Crippen molar-refractivity contribution in [2.75, 3.05) is 13.2 Å². The van der Waals surface area contributed by atoms with E-state index in [9.17, 15) is 5.11 Å². The molecule has 2 aromatic rings. The molecule has 2 unspecified atom stereocenters. The van der Waals surface area contributed by atoms with Crippen LogP contribution >= 0.6 is 0 Å². The van der Waals surface area contributed by atoms with Crippen molar-refractivity contribution in [2.24, 2.45) is 5.92 Å². The van der Waals surface area contributed by atoms with Crippen molar-refractivity contribution in [3.63, 3.8) is 0 Å². The van der Waals surface area contributed by atoms with E-state index in [1.165, 1.54) is 17.4 Å². The number of benzene rings is 1. The zero-order valence-corrected chi connectivity index (χ0v) is 12.9. The number of aliphatic hydroxyl groups excluding tert-OH is 1. The van der Waals surface area contributed by atoms with E-state index >= 15 is 0 Å². The molecule has 1 aromatic carbocycles. The predicted molar refractivity (Wildman–Crippen MR) is 86.2 cm³/mol. The van der Waals surface area contributed by atoms with Crippen LogP contribution in [0.15, 0.2) is 30.3 Å².